The van der Waals surface area contributed by atoms with Crippen LogP contribution in [0.4, 0.5) is 4.39 Å². The molecule has 4 heteroatoms. The van der Waals surface area contributed by atoms with Gasteiger partial charge in [-0.3, -0.25) is 0 Å². The van der Waals surface area contributed by atoms with Gasteiger partial charge in [0.1, 0.15) is 18.2 Å². The van der Waals surface area contributed by atoms with Crippen molar-refractivity contribution in [3.8, 4) is 5.75 Å². The van der Waals surface area contributed by atoms with E-state index in [9.17, 15) is 4.39 Å². The maximum atomic E-state index is 13.5. The molecule has 21 heavy (non-hydrogen) atoms. The molecule has 0 spiro atoms. The molecule has 0 fully saturated rings. The van der Waals surface area contributed by atoms with Crippen LogP contribution in [0.1, 0.15) is 23.6 Å². The first kappa shape index (κ1) is 16.0. The summed E-state index contributed by atoms with van der Waals surface area (Å²) < 4.78 is 20.1. The van der Waals surface area contributed by atoms with Gasteiger partial charge < -0.3 is 10.1 Å². The fraction of sp³-hybridized carbons (Fsp3) is 0.294. The lowest BCUT2D eigenvalue weighted by Gasteiger charge is -2.10. The highest BCUT2D eigenvalue weighted by Gasteiger charge is 2.04. The molecule has 0 aromatic heterocycles. The summed E-state index contributed by atoms with van der Waals surface area (Å²) in [6.07, 6.45) is 0. The van der Waals surface area contributed by atoms with E-state index in [4.69, 9.17) is 4.74 Å². The van der Waals surface area contributed by atoms with Crippen molar-refractivity contribution in [1.82, 2.24) is 5.32 Å². The Bertz CT molecular complexity index is 616. The van der Waals surface area contributed by atoms with Crippen LogP contribution in [-0.4, -0.2) is 6.54 Å². The Hall–Kier alpha value is -1.39. The summed E-state index contributed by atoms with van der Waals surface area (Å²) in [5, 5.41) is 3.29. The summed E-state index contributed by atoms with van der Waals surface area (Å²) >= 11 is 3.56. The van der Waals surface area contributed by atoms with Gasteiger partial charge >= 0.3 is 0 Å². The second-order valence-electron chi connectivity index (χ2n) is 4.91. The van der Waals surface area contributed by atoms with Gasteiger partial charge in [0.2, 0.25) is 0 Å². The van der Waals surface area contributed by atoms with Crippen LogP contribution in [0.2, 0.25) is 0 Å². The van der Waals surface area contributed by atoms with E-state index < -0.39 is 0 Å². The molecule has 0 aliphatic carbocycles. The lowest BCUT2D eigenvalue weighted by Crippen LogP contribution is -2.11. The van der Waals surface area contributed by atoms with Crippen LogP contribution in [0.5, 0.6) is 5.75 Å². The van der Waals surface area contributed by atoms with E-state index in [1.54, 1.807) is 19.1 Å². The van der Waals surface area contributed by atoms with E-state index in [2.05, 4.69) is 40.3 Å². The monoisotopic (exact) mass is 351 g/mol. The van der Waals surface area contributed by atoms with Gasteiger partial charge in [0.05, 0.1) is 0 Å². The van der Waals surface area contributed by atoms with E-state index in [0.717, 1.165) is 23.1 Å². The first-order valence-corrected chi connectivity index (χ1v) is 7.76. The third-order valence-electron chi connectivity index (χ3n) is 3.23. The van der Waals surface area contributed by atoms with Crippen molar-refractivity contribution in [3.05, 3.63) is 63.4 Å². The molecule has 0 aliphatic rings. The molecule has 0 saturated heterocycles. The normalized spacial score (nSPS) is 10.7. The zero-order valence-corrected chi connectivity index (χ0v) is 13.8. The van der Waals surface area contributed by atoms with Crippen molar-refractivity contribution in [2.75, 3.05) is 6.54 Å². The quantitative estimate of drug-likeness (QED) is 0.821. The Kier molecular flexibility index (Phi) is 5.76. The number of halogens is 2. The van der Waals surface area contributed by atoms with E-state index in [1.807, 2.05) is 6.07 Å². The molecule has 0 saturated carbocycles. The Morgan fingerprint density at radius 2 is 2.00 bits per heavy atom. The summed E-state index contributed by atoms with van der Waals surface area (Å²) in [5.41, 5.74) is 2.88. The molecule has 0 bridgehead atoms. The van der Waals surface area contributed by atoms with Crippen molar-refractivity contribution >= 4 is 15.9 Å². The molecule has 1 N–H and O–H groups in total. The van der Waals surface area contributed by atoms with Crippen LogP contribution >= 0.6 is 15.9 Å². The highest BCUT2D eigenvalue weighted by Crippen LogP contribution is 2.22. The highest BCUT2D eigenvalue weighted by atomic mass is 79.9. The van der Waals surface area contributed by atoms with Crippen molar-refractivity contribution in [2.24, 2.45) is 0 Å². The average Bonchev–Trinajstić information content (AvgIpc) is 2.47. The Morgan fingerprint density at radius 1 is 1.19 bits per heavy atom. The molecule has 2 rings (SSSR count). The van der Waals surface area contributed by atoms with Gasteiger partial charge in [-0.05, 0) is 36.7 Å². The predicted octanol–water partition coefficient (Wildman–Crippen LogP) is 4.59. The zero-order valence-electron chi connectivity index (χ0n) is 12.2. The molecular weight excluding hydrogens is 333 g/mol. The standard InChI is InChI=1S/C17H19BrFNO/c1-3-20-10-13-5-6-14(16(18)8-13)11-21-15-7-4-12(2)17(19)9-15/h4-9,20H,3,10-11H2,1-2H3. The van der Waals surface area contributed by atoms with Gasteiger partial charge in [-0.2, -0.15) is 0 Å². The maximum Gasteiger partial charge on any atom is 0.129 e. The molecule has 2 aromatic carbocycles. The summed E-state index contributed by atoms with van der Waals surface area (Å²) in [5.74, 6) is 0.300. The predicted molar refractivity (Wildman–Crippen MR) is 87.0 cm³/mol. The first-order chi connectivity index (χ1) is 10.1. The lowest BCUT2D eigenvalue weighted by atomic mass is 10.1. The molecule has 0 heterocycles. The number of nitrogens with one attached hydrogen (secondary N) is 1. The fourth-order valence-electron chi connectivity index (χ4n) is 1.91. The minimum atomic E-state index is -0.243. The summed E-state index contributed by atoms with van der Waals surface area (Å²) in [4.78, 5) is 0. The minimum absolute atomic E-state index is 0.243. The molecule has 2 nitrogen and oxygen atoms in total. The summed E-state index contributed by atoms with van der Waals surface area (Å²) in [6.45, 7) is 6.02. The summed E-state index contributed by atoms with van der Waals surface area (Å²) in [6, 6.07) is 11.1. The average molecular weight is 352 g/mol. The molecule has 0 atom stereocenters. The van der Waals surface area contributed by atoms with Crippen LogP contribution in [0.3, 0.4) is 0 Å². The topological polar surface area (TPSA) is 21.3 Å². The van der Waals surface area contributed by atoms with E-state index >= 15 is 0 Å². The molecular formula is C17H19BrFNO. The minimum Gasteiger partial charge on any atom is -0.489 e. The fourth-order valence-corrected chi connectivity index (χ4v) is 2.45. The maximum absolute atomic E-state index is 13.5. The van der Waals surface area contributed by atoms with Gasteiger partial charge in [-0.25, -0.2) is 4.39 Å². The highest BCUT2D eigenvalue weighted by molar-refractivity contribution is 9.10. The number of benzene rings is 2. The smallest absolute Gasteiger partial charge is 0.129 e. The van der Waals surface area contributed by atoms with E-state index in [-0.39, 0.29) is 5.82 Å². The molecule has 2 aromatic rings. The van der Waals surface area contributed by atoms with Crippen LogP contribution in [-0.2, 0) is 13.2 Å². The Labute approximate surface area is 133 Å². The van der Waals surface area contributed by atoms with Gasteiger partial charge in [-0.15, -0.1) is 0 Å². The van der Waals surface area contributed by atoms with Gasteiger partial charge in [0, 0.05) is 22.6 Å². The zero-order chi connectivity index (χ0) is 15.2. The largest absolute Gasteiger partial charge is 0.489 e. The number of hydrogen-bond donors (Lipinski definition) is 1. The molecule has 112 valence electrons. The van der Waals surface area contributed by atoms with Crippen molar-refractivity contribution in [2.45, 2.75) is 27.0 Å². The van der Waals surface area contributed by atoms with Gasteiger partial charge in [0.15, 0.2) is 0 Å². The van der Waals surface area contributed by atoms with Crippen LogP contribution in [0.15, 0.2) is 40.9 Å². The lowest BCUT2D eigenvalue weighted by molar-refractivity contribution is 0.303. The van der Waals surface area contributed by atoms with E-state index in [0.29, 0.717) is 17.9 Å². The third kappa shape index (κ3) is 4.55. The van der Waals surface area contributed by atoms with Crippen LogP contribution < -0.4 is 10.1 Å². The number of hydrogen-bond acceptors (Lipinski definition) is 2. The van der Waals surface area contributed by atoms with E-state index in [1.165, 1.54) is 11.6 Å². The number of aryl methyl sites for hydroxylation is 1. The first-order valence-electron chi connectivity index (χ1n) is 6.97. The van der Waals surface area contributed by atoms with Crippen LogP contribution in [0.25, 0.3) is 0 Å². The summed E-state index contributed by atoms with van der Waals surface area (Å²) in [7, 11) is 0. The van der Waals surface area contributed by atoms with Crippen molar-refractivity contribution < 1.29 is 9.13 Å². The van der Waals surface area contributed by atoms with Gasteiger partial charge in [-0.1, -0.05) is 41.1 Å². The molecule has 0 unspecified atom stereocenters. The molecule has 0 radical (unpaired) electrons. The van der Waals surface area contributed by atoms with Gasteiger partial charge in [0.25, 0.3) is 0 Å². The second-order valence-corrected chi connectivity index (χ2v) is 5.76. The molecule has 0 amide bonds. The van der Waals surface area contributed by atoms with Crippen LogP contribution in [0, 0.1) is 12.7 Å². The Balaban J connectivity index is 2.01. The van der Waals surface area contributed by atoms with Crippen molar-refractivity contribution in [1.29, 1.82) is 0 Å². The van der Waals surface area contributed by atoms with Crippen molar-refractivity contribution in [3.63, 3.8) is 0 Å². The molecule has 0 aliphatic heterocycles. The number of ether oxygens (including phenoxy) is 1. The number of rotatable bonds is 6. The Morgan fingerprint density at radius 3 is 2.67 bits per heavy atom. The third-order valence-corrected chi connectivity index (χ3v) is 3.97. The SMILES string of the molecule is CCNCc1ccc(COc2ccc(C)c(F)c2)c(Br)c1. The second kappa shape index (κ2) is 7.57.